The van der Waals surface area contributed by atoms with Crippen LogP contribution in [-0.2, 0) is 4.79 Å². The number of nitrogens with one attached hydrogen (secondary N) is 1. The van der Waals surface area contributed by atoms with Crippen LogP contribution >= 0.6 is 31.9 Å². The van der Waals surface area contributed by atoms with Crippen LogP contribution in [0.3, 0.4) is 0 Å². The molecule has 0 aliphatic heterocycles. The average molecular weight is 470 g/mol. The number of ether oxygens (including phenoxy) is 2. The molecular formula is C18H18Br2N2O3. The molecule has 2 aromatic carbocycles. The summed E-state index contributed by atoms with van der Waals surface area (Å²) in [5, 5.41) is 3.96. The molecule has 5 nitrogen and oxygen atoms in total. The number of hydrogen-bond donors (Lipinski definition) is 1. The number of benzene rings is 2. The van der Waals surface area contributed by atoms with Gasteiger partial charge in [-0.2, -0.15) is 5.10 Å². The molecule has 0 spiro atoms. The Morgan fingerprint density at radius 1 is 1.28 bits per heavy atom. The van der Waals surface area contributed by atoms with E-state index in [4.69, 9.17) is 9.47 Å². The number of carbonyl (C=O) groups is 1. The maximum atomic E-state index is 11.9. The lowest BCUT2D eigenvalue weighted by Crippen LogP contribution is -2.24. The van der Waals surface area contributed by atoms with E-state index in [0.717, 1.165) is 25.6 Å². The Morgan fingerprint density at radius 2 is 2.04 bits per heavy atom. The maximum absolute atomic E-state index is 11.9. The Hall–Kier alpha value is -1.86. The maximum Gasteiger partial charge on any atom is 0.277 e. The minimum atomic E-state index is -0.342. The summed E-state index contributed by atoms with van der Waals surface area (Å²) in [6.07, 6.45) is 1.52. The van der Waals surface area contributed by atoms with Crippen molar-refractivity contribution in [2.75, 3.05) is 13.7 Å². The van der Waals surface area contributed by atoms with Gasteiger partial charge in [0.1, 0.15) is 11.5 Å². The first-order chi connectivity index (χ1) is 11.9. The van der Waals surface area contributed by atoms with Crippen LogP contribution in [0, 0.1) is 13.8 Å². The van der Waals surface area contributed by atoms with Gasteiger partial charge in [0.2, 0.25) is 0 Å². The second kappa shape index (κ2) is 9.01. The lowest BCUT2D eigenvalue weighted by Gasteiger charge is -2.10. The van der Waals surface area contributed by atoms with Gasteiger partial charge >= 0.3 is 0 Å². The fourth-order valence-corrected chi connectivity index (χ4v) is 3.54. The predicted octanol–water partition coefficient (Wildman–Crippen LogP) is 4.37. The highest BCUT2D eigenvalue weighted by Crippen LogP contribution is 2.31. The fraction of sp³-hybridized carbons (Fsp3) is 0.222. The molecule has 0 aliphatic rings. The molecule has 0 saturated carbocycles. The van der Waals surface area contributed by atoms with E-state index >= 15 is 0 Å². The van der Waals surface area contributed by atoms with Crippen molar-refractivity contribution in [2.45, 2.75) is 13.8 Å². The van der Waals surface area contributed by atoms with Gasteiger partial charge in [-0.3, -0.25) is 4.79 Å². The molecular weight excluding hydrogens is 452 g/mol. The van der Waals surface area contributed by atoms with Crippen LogP contribution in [0.15, 0.2) is 44.4 Å². The third-order valence-electron chi connectivity index (χ3n) is 3.55. The van der Waals surface area contributed by atoms with E-state index in [1.807, 2.05) is 44.2 Å². The van der Waals surface area contributed by atoms with Crippen LogP contribution in [0.5, 0.6) is 11.5 Å². The predicted molar refractivity (Wildman–Crippen MR) is 106 cm³/mol. The third kappa shape index (κ3) is 5.31. The lowest BCUT2D eigenvalue weighted by molar-refractivity contribution is -0.123. The smallest absolute Gasteiger partial charge is 0.277 e. The summed E-state index contributed by atoms with van der Waals surface area (Å²) in [6, 6.07) is 9.43. The molecule has 0 unspecified atom stereocenters. The molecule has 1 N–H and O–H groups in total. The van der Waals surface area contributed by atoms with Crippen LogP contribution in [0.2, 0.25) is 0 Å². The molecule has 2 aromatic rings. The standard InChI is InChI=1S/C18H18Br2N2O3/c1-11-5-4-6-16(12(11)2)25-10-17(23)22-21-9-13-7-14(19)8-15(20)18(13)24-3/h4-9H,10H2,1-3H3,(H,22,23)/b21-9+. The van der Waals surface area contributed by atoms with Gasteiger partial charge in [0.25, 0.3) is 5.91 Å². The SMILES string of the molecule is COc1c(Br)cc(Br)cc1/C=N/NC(=O)COc1cccc(C)c1C. The van der Waals surface area contributed by atoms with Crippen LogP contribution in [-0.4, -0.2) is 25.8 Å². The van der Waals surface area contributed by atoms with Gasteiger partial charge in [-0.25, -0.2) is 5.43 Å². The van der Waals surface area contributed by atoms with E-state index in [0.29, 0.717) is 11.5 Å². The summed E-state index contributed by atoms with van der Waals surface area (Å²) >= 11 is 6.82. The molecule has 0 heterocycles. The van der Waals surface area contributed by atoms with Gasteiger partial charge in [0, 0.05) is 10.0 Å². The average Bonchev–Trinajstić information content (AvgIpc) is 2.56. The van der Waals surface area contributed by atoms with E-state index in [9.17, 15) is 4.79 Å². The minimum Gasteiger partial charge on any atom is -0.495 e. The first kappa shape index (κ1) is 19.5. The first-order valence-electron chi connectivity index (χ1n) is 7.46. The van der Waals surface area contributed by atoms with Crippen molar-refractivity contribution in [2.24, 2.45) is 5.10 Å². The van der Waals surface area contributed by atoms with Crippen LogP contribution in [0.4, 0.5) is 0 Å². The number of nitrogens with zero attached hydrogens (tertiary/aromatic N) is 1. The quantitative estimate of drug-likeness (QED) is 0.504. The van der Waals surface area contributed by atoms with Gasteiger partial charge in [-0.15, -0.1) is 0 Å². The molecule has 0 atom stereocenters. The normalized spacial score (nSPS) is 10.8. The van der Waals surface area contributed by atoms with E-state index in [2.05, 4.69) is 42.4 Å². The molecule has 132 valence electrons. The van der Waals surface area contributed by atoms with Gasteiger partial charge < -0.3 is 9.47 Å². The molecule has 0 radical (unpaired) electrons. The van der Waals surface area contributed by atoms with E-state index in [1.165, 1.54) is 6.21 Å². The zero-order chi connectivity index (χ0) is 18.4. The molecule has 25 heavy (non-hydrogen) atoms. The molecule has 0 aromatic heterocycles. The monoisotopic (exact) mass is 468 g/mol. The molecule has 0 saturated heterocycles. The molecule has 2 rings (SSSR count). The zero-order valence-electron chi connectivity index (χ0n) is 14.1. The summed E-state index contributed by atoms with van der Waals surface area (Å²) in [6.45, 7) is 3.84. The Labute approximate surface area is 163 Å². The molecule has 0 bridgehead atoms. The highest BCUT2D eigenvalue weighted by atomic mass is 79.9. The lowest BCUT2D eigenvalue weighted by atomic mass is 10.1. The highest BCUT2D eigenvalue weighted by Gasteiger charge is 2.08. The summed E-state index contributed by atoms with van der Waals surface area (Å²) in [4.78, 5) is 11.9. The number of hydrazone groups is 1. The Balaban J connectivity index is 1.96. The minimum absolute atomic E-state index is 0.110. The van der Waals surface area contributed by atoms with Crippen molar-refractivity contribution >= 4 is 44.0 Å². The second-order valence-electron chi connectivity index (χ2n) is 5.29. The van der Waals surface area contributed by atoms with E-state index < -0.39 is 0 Å². The summed E-state index contributed by atoms with van der Waals surface area (Å²) in [7, 11) is 1.57. The van der Waals surface area contributed by atoms with Gasteiger partial charge in [0.05, 0.1) is 17.8 Å². The van der Waals surface area contributed by atoms with Crippen molar-refractivity contribution in [3.05, 3.63) is 56.0 Å². The Bertz CT molecular complexity index is 807. The summed E-state index contributed by atoms with van der Waals surface area (Å²) in [5.74, 6) is 0.981. The van der Waals surface area contributed by atoms with Crippen molar-refractivity contribution in [1.82, 2.24) is 5.43 Å². The summed E-state index contributed by atoms with van der Waals surface area (Å²) < 4.78 is 12.5. The first-order valence-corrected chi connectivity index (χ1v) is 9.05. The molecule has 0 fully saturated rings. The highest BCUT2D eigenvalue weighted by molar-refractivity contribution is 9.11. The third-order valence-corrected chi connectivity index (χ3v) is 4.59. The van der Waals surface area contributed by atoms with Gasteiger partial charge in [-0.05, 0) is 59.1 Å². The number of amides is 1. The van der Waals surface area contributed by atoms with Crippen LogP contribution in [0.25, 0.3) is 0 Å². The van der Waals surface area contributed by atoms with Crippen molar-refractivity contribution in [1.29, 1.82) is 0 Å². The summed E-state index contributed by atoms with van der Waals surface area (Å²) in [5.41, 5.74) is 5.30. The van der Waals surface area contributed by atoms with Crippen molar-refractivity contribution in [3.63, 3.8) is 0 Å². The van der Waals surface area contributed by atoms with Crippen LogP contribution in [0.1, 0.15) is 16.7 Å². The number of aryl methyl sites for hydroxylation is 1. The van der Waals surface area contributed by atoms with Gasteiger partial charge in [-0.1, -0.05) is 28.1 Å². The van der Waals surface area contributed by atoms with E-state index in [1.54, 1.807) is 7.11 Å². The largest absolute Gasteiger partial charge is 0.495 e. The Kier molecular flexibility index (Phi) is 7.01. The van der Waals surface area contributed by atoms with Crippen molar-refractivity contribution in [3.8, 4) is 11.5 Å². The van der Waals surface area contributed by atoms with E-state index in [-0.39, 0.29) is 12.5 Å². The number of halogens is 2. The van der Waals surface area contributed by atoms with Gasteiger partial charge in [0.15, 0.2) is 6.61 Å². The number of hydrogen-bond acceptors (Lipinski definition) is 4. The topological polar surface area (TPSA) is 59.9 Å². The van der Waals surface area contributed by atoms with Crippen molar-refractivity contribution < 1.29 is 14.3 Å². The number of carbonyl (C=O) groups excluding carboxylic acids is 1. The molecule has 0 aliphatic carbocycles. The van der Waals surface area contributed by atoms with Crippen LogP contribution < -0.4 is 14.9 Å². The molecule has 1 amide bonds. The number of rotatable bonds is 6. The second-order valence-corrected chi connectivity index (χ2v) is 7.06. The number of methoxy groups -OCH3 is 1. The fourth-order valence-electron chi connectivity index (χ4n) is 2.12. The zero-order valence-corrected chi connectivity index (χ0v) is 17.3. The Morgan fingerprint density at radius 3 is 2.76 bits per heavy atom. The molecule has 7 heteroatoms.